The van der Waals surface area contributed by atoms with Crippen LogP contribution in [0.15, 0.2) is 0 Å². The highest BCUT2D eigenvalue weighted by Crippen LogP contribution is 2.05. The van der Waals surface area contributed by atoms with Gasteiger partial charge in [-0.25, -0.2) is 0 Å². The van der Waals surface area contributed by atoms with E-state index >= 15 is 0 Å². The minimum absolute atomic E-state index is 0.125. The topological polar surface area (TPSA) is 70.2 Å². The summed E-state index contributed by atoms with van der Waals surface area (Å²) in [6.45, 7) is 15.4. The fraction of sp³-hybridized carbons (Fsp3) is 0.867. The Kier molecular flexibility index (Phi) is 6.68. The molecule has 20 heavy (non-hydrogen) atoms. The molecule has 0 aliphatic carbocycles. The van der Waals surface area contributed by atoms with Crippen molar-refractivity contribution in [2.75, 3.05) is 0 Å². The Morgan fingerprint density at radius 1 is 0.900 bits per heavy atom. The maximum atomic E-state index is 12.2. The highest BCUT2D eigenvalue weighted by molar-refractivity contribution is 5.88. The molecule has 118 valence electrons. The monoisotopic (exact) mass is 285 g/mol. The first-order chi connectivity index (χ1) is 8.80. The lowest BCUT2D eigenvalue weighted by Gasteiger charge is -2.28. The van der Waals surface area contributed by atoms with Crippen LogP contribution in [0.4, 0.5) is 0 Å². The maximum absolute atomic E-state index is 12.2. The second kappa shape index (κ2) is 7.07. The zero-order valence-corrected chi connectivity index (χ0v) is 14.2. The van der Waals surface area contributed by atoms with Gasteiger partial charge in [-0.3, -0.25) is 9.59 Å². The molecule has 0 aromatic rings. The van der Waals surface area contributed by atoms with Crippen molar-refractivity contribution < 1.29 is 9.59 Å². The Bertz CT molecular complexity index is 338. The molecule has 5 heteroatoms. The van der Waals surface area contributed by atoms with Gasteiger partial charge in [-0.05, 0) is 41.5 Å². The van der Waals surface area contributed by atoms with Crippen LogP contribution in [0.5, 0.6) is 0 Å². The lowest BCUT2D eigenvalue weighted by molar-refractivity contribution is -0.130. The molecule has 0 aromatic carbocycles. The first-order valence-corrected chi connectivity index (χ1v) is 7.19. The van der Waals surface area contributed by atoms with Gasteiger partial charge in [0.2, 0.25) is 11.8 Å². The van der Waals surface area contributed by atoms with Crippen molar-refractivity contribution in [2.24, 2.45) is 0 Å². The lowest BCUT2D eigenvalue weighted by atomic mass is 10.0. The molecule has 0 saturated carbocycles. The molecule has 3 N–H and O–H groups in total. The Balaban J connectivity index is 4.73. The summed E-state index contributed by atoms with van der Waals surface area (Å²) in [5.74, 6) is -0.269. The summed E-state index contributed by atoms with van der Waals surface area (Å²) in [6.07, 6.45) is 0.136. The van der Waals surface area contributed by atoms with E-state index in [4.69, 9.17) is 0 Å². The van der Waals surface area contributed by atoms with Gasteiger partial charge in [0.25, 0.3) is 0 Å². The molecule has 0 fully saturated rings. The third-order valence-electron chi connectivity index (χ3n) is 2.25. The molecule has 0 saturated heterocycles. The molecule has 0 heterocycles. The maximum Gasteiger partial charge on any atom is 0.238 e. The van der Waals surface area contributed by atoms with Gasteiger partial charge in [-0.1, -0.05) is 13.8 Å². The first kappa shape index (κ1) is 18.9. The molecule has 2 amide bonds. The van der Waals surface area contributed by atoms with Crippen LogP contribution in [-0.2, 0) is 9.59 Å². The van der Waals surface area contributed by atoms with Gasteiger partial charge in [-0.15, -0.1) is 0 Å². The molecule has 0 aliphatic rings. The van der Waals surface area contributed by atoms with Crippen LogP contribution in [0.25, 0.3) is 0 Å². The van der Waals surface area contributed by atoms with Crippen molar-refractivity contribution >= 4 is 11.8 Å². The van der Waals surface area contributed by atoms with Crippen LogP contribution in [-0.4, -0.2) is 35.0 Å². The molecule has 0 aliphatic heterocycles. The van der Waals surface area contributed by atoms with E-state index in [-0.39, 0.29) is 35.4 Å². The van der Waals surface area contributed by atoms with Crippen LogP contribution in [0.3, 0.4) is 0 Å². The van der Waals surface area contributed by atoms with Crippen molar-refractivity contribution in [3.63, 3.8) is 0 Å². The summed E-state index contributed by atoms with van der Waals surface area (Å²) in [5.41, 5.74) is -0.603. The van der Waals surface area contributed by atoms with Crippen LogP contribution < -0.4 is 16.0 Å². The quantitative estimate of drug-likeness (QED) is 0.718. The highest BCUT2D eigenvalue weighted by Gasteiger charge is 2.26. The summed E-state index contributed by atoms with van der Waals surface area (Å²) < 4.78 is 0. The van der Waals surface area contributed by atoms with Crippen LogP contribution in [0, 0.1) is 0 Å². The van der Waals surface area contributed by atoms with E-state index in [2.05, 4.69) is 16.0 Å². The largest absolute Gasteiger partial charge is 0.351 e. The van der Waals surface area contributed by atoms with E-state index in [1.54, 1.807) is 0 Å². The van der Waals surface area contributed by atoms with Gasteiger partial charge < -0.3 is 16.0 Å². The average Bonchev–Trinajstić information content (AvgIpc) is 2.09. The van der Waals surface area contributed by atoms with E-state index in [1.165, 1.54) is 0 Å². The minimum Gasteiger partial charge on any atom is -0.351 e. The van der Waals surface area contributed by atoms with Crippen molar-refractivity contribution in [3.05, 3.63) is 0 Å². The fourth-order valence-electron chi connectivity index (χ4n) is 1.74. The number of carbonyl (C=O) groups excluding carboxylic acids is 2. The van der Waals surface area contributed by atoms with Crippen molar-refractivity contribution in [3.8, 4) is 0 Å². The number of nitrogens with one attached hydrogen (secondary N) is 3. The molecule has 5 nitrogen and oxygen atoms in total. The normalized spacial score (nSPS) is 14.1. The van der Waals surface area contributed by atoms with Crippen LogP contribution in [0.1, 0.15) is 61.8 Å². The summed E-state index contributed by atoms with van der Waals surface area (Å²) in [6, 6.07) is -0.385. The third kappa shape index (κ3) is 9.78. The smallest absolute Gasteiger partial charge is 0.238 e. The van der Waals surface area contributed by atoms with E-state index in [0.717, 1.165) is 0 Å². The van der Waals surface area contributed by atoms with Crippen LogP contribution in [0.2, 0.25) is 0 Å². The number of carbonyl (C=O) groups is 2. The Labute approximate surface area is 123 Å². The molecule has 0 bridgehead atoms. The molecule has 1 atom stereocenters. The molecular weight excluding hydrogens is 254 g/mol. The van der Waals surface area contributed by atoms with Gasteiger partial charge in [0.1, 0.15) is 0 Å². The Morgan fingerprint density at radius 2 is 1.35 bits per heavy atom. The fourth-order valence-corrected chi connectivity index (χ4v) is 1.74. The number of amides is 2. The zero-order chi connectivity index (χ0) is 16.1. The number of rotatable bonds is 5. The molecule has 0 rings (SSSR count). The van der Waals surface area contributed by atoms with E-state index in [1.807, 2.05) is 55.4 Å². The SMILES string of the molecule is CC(C)NC(CC(=O)NC(C)(C)C)C(=O)NC(C)(C)C. The molecule has 0 aromatic heterocycles. The zero-order valence-electron chi connectivity index (χ0n) is 14.2. The average molecular weight is 285 g/mol. The molecule has 1 unspecified atom stereocenters. The second-order valence-electron chi connectivity index (χ2n) is 7.62. The molecular formula is C15H31N3O2. The van der Waals surface area contributed by atoms with Crippen molar-refractivity contribution in [1.29, 1.82) is 0 Å². The third-order valence-corrected chi connectivity index (χ3v) is 2.25. The predicted octanol–water partition coefficient (Wildman–Crippen LogP) is 1.57. The second-order valence-corrected chi connectivity index (χ2v) is 7.62. The van der Waals surface area contributed by atoms with E-state index in [0.29, 0.717) is 0 Å². The number of hydrogen-bond donors (Lipinski definition) is 3. The van der Waals surface area contributed by atoms with Crippen molar-refractivity contribution in [2.45, 2.75) is 85.0 Å². The van der Waals surface area contributed by atoms with Crippen LogP contribution >= 0.6 is 0 Å². The number of hydrogen-bond acceptors (Lipinski definition) is 3. The Hall–Kier alpha value is -1.10. The molecule has 0 spiro atoms. The van der Waals surface area contributed by atoms with Crippen molar-refractivity contribution in [1.82, 2.24) is 16.0 Å². The van der Waals surface area contributed by atoms with E-state index in [9.17, 15) is 9.59 Å². The van der Waals surface area contributed by atoms with Gasteiger partial charge in [-0.2, -0.15) is 0 Å². The first-order valence-electron chi connectivity index (χ1n) is 7.19. The summed E-state index contributed by atoms with van der Waals surface area (Å²) in [7, 11) is 0. The standard InChI is InChI=1S/C15H31N3O2/c1-10(2)16-11(13(20)18-15(6,7)8)9-12(19)17-14(3,4)5/h10-11,16H,9H2,1-8H3,(H,17,19)(H,18,20). The van der Waals surface area contributed by atoms with Gasteiger partial charge in [0.05, 0.1) is 12.5 Å². The lowest BCUT2D eigenvalue weighted by Crippen LogP contribution is -2.54. The van der Waals surface area contributed by atoms with E-state index < -0.39 is 6.04 Å². The summed E-state index contributed by atoms with van der Waals surface area (Å²) in [5, 5.41) is 8.94. The minimum atomic E-state index is -0.517. The highest BCUT2D eigenvalue weighted by atomic mass is 16.2. The Morgan fingerprint density at radius 3 is 1.70 bits per heavy atom. The predicted molar refractivity (Wildman–Crippen MR) is 82.5 cm³/mol. The van der Waals surface area contributed by atoms with Gasteiger partial charge in [0, 0.05) is 17.1 Å². The van der Waals surface area contributed by atoms with Gasteiger partial charge in [0.15, 0.2) is 0 Å². The summed E-state index contributed by atoms with van der Waals surface area (Å²) in [4.78, 5) is 24.2. The molecule has 0 radical (unpaired) electrons. The summed E-state index contributed by atoms with van der Waals surface area (Å²) >= 11 is 0. The van der Waals surface area contributed by atoms with Gasteiger partial charge >= 0.3 is 0 Å².